The normalized spacial score (nSPS) is 23.9. The Kier molecular flexibility index (Phi) is 6.21. The lowest BCUT2D eigenvalue weighted by Crippen LogP contribution is -2.37. The Labute approximate surface area is 179 Å². The minimum atomic E-state index is -3.54. The molecule has 7 heteroatoms. The average molecular weight is 433 g/mol. The van der Waals surface area contributed by atoms with E-state index in [1.54, 1.807) is 22.5 Å². The van der Waals surface area contributed by atoms with Gasteiger partial charge in [-0.2, -0.15) is 4.31 Å². The maximum atomic E-state index is 13.1. The first-order valence-corrected chi connectivity index (χ1v) is 12.6. The number of hydrogen-bond acceptors (Lipinski definition) is 4. The lowest BCUT2D eigenvalue weighted by atomic mass is 9.87. The second-order valence-corrected chi connectivity index (χ2v) is 10.9. The predicted molar refractivity (Wildman–Crippen MR) is 117 cm³/mol. The Morgan fingerprint density at radius 3 is 2.40 bits per heavy atom. The number of furan rings is 1. The van der Waals surface area contributed by atoms with Gasteiger partial charge < -0.3 is 9.73 Å². The Morgan fingerprint density at radius 1 is 1.07 bits per heavy atom. The summed E-state index contributed by atoms with van der Waals surface area (Å²) in [5.74, 6) is 0.795. The first kappa shape index (κ1) is 21.4. The number of sulfonamides is 1. The van der Waals surface area contributed by atoms with E-state index in [0.29, 0.717) is 29.6 Å². The van der Waals surface area contributed by atoms with Crippen LogP contribution < -0.4 is 5.32 Å². The third-order valence-corrected chi connectivity index (χ3v) is 8.56. The third-order valence-electron chi connectivity index (χ3n) is 6.67. The first-order chi connectivity index (χ1) is 14.4. The van der Waals surface area contributed by atoms with Crippen molar-refractivity contribution in [3.05, 3.63) is 29.5 Å². The highest BCUT2D eigenvalue weighted by Gasteiger charge is 2.28. The van der Waals surface area contributed by atoms with Gasteiger partial charge in [-0.3, -0.25) is 4.79 Å². The summed E-state index contributed by atoms with van der Waals surface area (Å²) in [6.07, 6.45) is 8.18. The van der Waals surface area contributed by atoms with Crippen LogP contribution in [0.3, 0.4) is 0 Å². The molecule has 1 aliphatic heterocycles. The maximum Gasteiger partial charge on any atom is 0.287 e. The Balaban J connectivity index is 1.58. The fourth-order valence-electron chi connectivity index (χ4n) is 4.66. The number of nitrogens with one attached hydrogen (secondary N) is 1. The SMILES string of the molecule is Cc1c(C(=O)NC2CCC(C)CC2)oc2ccc(S(=O)(=O)N3CCCCCC3)cc12. The van der Waals surface area contributed by atoms with Crippen LogP contribution in [0.15, 0.2) is 27.5 Å². The minimum Gasteiger partial charge on any atom is -0.451 e. The highest BCUT2D eigenvalue weighted by molar-refractivity contribution is 7.89. The lowest BCUT2D eigenvalue weighted by Gasteiger charge is -2.26. The summed E-state index contributed by atoms with van der Waals surface area (Å²) >= 11 is 0. The number of nitrogens with zero attached hydrogens (tertiary/aromatic N) is 1. The number of hydrogen-bond donors (Lipinski definition) is 1. The van der Waals surface area contributed by atoms with Crippen molar-refractivity contribution in [3.63, 3.8) is 0 Å². The third kappa shape index (κ3) is 4.28. The summed E-state index contributed by atoms with van der Waals surface area (Å²) in [7, 11) is -3.54. The second kappa shape index (κ2) is 8.71. The molecule has 2 heterocycles. The van der Waals surface area contributed by atoms with Gasteiger partial charge in [0.1, 0.15) is 5.58 Å². The number of aryl methyl sites for hydroxylation is 1. The standard InChI is InChI=1S/C23H32N2O4S/c1-16-7-9-18(10-8-16)24-23(26)22-17(2)20-15-19(11-12-21(20)29-22)30(27,28)25-13-5-3-4-6-14-25/h11-12,15-16,18H,3-10,13-14H2,1-2H3,(H,24,26). The van der Waals surface area contributed by atoms with Crippen LogP contribution in [0.2, 0.25) is 0 Å². The minimum absolute atomic E-state index is 0.181. The summed E-state index contributed by atoms with van der Waals surface area (Å²) in [5, 5.41) is 3.79. The van der Waals surface area contributed by atoms with Crippen LogP contribution in [0.25, 0.3) is 11.0 Å². The van der Waals surface area contributed by atoms with E-state index in [0.717, 1.165) is 57.3 Å². The summed E-state index contributed by atoms with van der Waals surface area (Å²) in [6, 6.07) is 5.11. The molecule has 0 bridgehead atoms. The van der Waals surface area contributed by atoms with Crippen LogP contribution in [-0.4, -0.2) is 37.8 Å². The molecule has 1 saturated heterocycles. The zero-order chi connectivity index (χ0) is 21.3. The highest BCUT2D eigenvalue weighted by Crippen LogP contribution is 2.30. The van der Waals surface area contributed by atoms with Gasteiger partial charge in [-0.25, -0.2) is 8.42 Å². The Bertz CT molecular complexity index is 1010. The molecule has 6 nitrogen and oxygen atoms in total. The molecule has 4 rings (SSSR count). The van der Waals surface area contributed by atoms with Crippen LogP contribution >= 0.6 is 0 Å². The molecule has 1 N–H and O–H groups in total. The molecule has 164 valence electrons. The van der Waals surface area contributed by atoms with Crippen molar-refractivity contribution in [2.24, 2.45) is 5.92 Å². The number of benzene rings is 1. The van der Waals surface area contributed by atoms with Gasteiger partial charge in [-0.15, -0.1) is 0 Å². The molecule has 1 aliphatic carbocycles. The molecule has 1 aromatic heterocycles. The van der Waals surface area contributed by atoms with E-state index in [4.69, 9.17) is 4.42 Å². The zero-order valence-corrected chi connectivity index (χ0v) is 18.8. The first-order valence-electron chi connectivity index (χ1n) is 11.2. The quantitative estimate of drug-likeness (QED) is 0.765. The van der Waals surface area contributed by atoms with E-state index in [2.05, 4.69) is 12.2 Å². The van der Waals surface area contributed by atoms with Crippen molar-refractivity contribution in [1.82, 2.24) is 9.62 Å². The van der Waals surface area contributed by atoms with Gasteiger partial charge >= 0.3 is 0 Å². The van der Waals surface area contributed by atoms with Crippen LogP contribution in [0.5, 0.6) is 0 Å². The molecular formula is C23H32N2O4S. The van der Waals surface area contributed by atoms with E-state index in [9.17, 15) is 13.2 Å². The number of amides is 1. The molecule has 30 heavy (non-hydrogen) atoms. The van der Waals surface area contributed by atoms with E-state index < -0.39 is 10.0 Å². The predicted octanol–water partition coefficient (Wildman–Crippen LogP) is 4.61. The molecule has 0 radical (unpaired) electrons. The van der Waals surface area contributed by atoms with Crippen molar-refractivity contribution in [2.75, 3.05) is 13.1 Å². The fraction of sp³-hybridized carbons (Fsp3) is 0.609. The molecular weight excluding hydrogens is 400 g/mol. The van der Waals surface area contributed by atoms with Crippen LogP contribution in [-0.2, 0) is 10.0 Å². The molecule has 1 aromatic carbocycles. The molecule has 2 fully saturated rings. The fourth-order valence-corrected chi connectivity index (χ4v) is 6.21. The van der Waals surface area contributed by atoms with Gasteiger partial charge in [0.15, 0.2) is 5.76 Å². The van der Waals surface area contributed by atoms with Gasteiger partial charge in [0.05, 0.1) is 4.90 Å². The smallest absolute Gasteiger partial charge is 0.287 e. The lowest BCUT2D eigenvalue weighted by molar-refractivity contribution is 0.0896. The summed E-state index contributed by atoms with van der Waals surface area (Å²) in [6.45, 7) is 5.21. The second-order valence-electron chi connectivity index (χ2n) is 8.96. The Hall–Kier alpha value is -1.86. The number of fused-ring (bicyclic) bond motifs is 1. The topological polar surface area (TPSA) is 79.6 Å². The van der Waals surface area contributed by atoms with E-state index in [1.165, 1.54) is 0 Å². The van der Waals surface area contributed by atoms with Gasteiger partial charge in [0.2, 0.25) is 10.0 Å². The van der Waals surface area contributed by atoms with E-state index in [-0.39, 0.29) is 22.6 Å². The van der Waals surface area contributed by atoms with Crippen LogP contribution in [0, 0.1) is 12.8 Å². The number of carbonyl (C=O) groups is 1. The van der Waals surface area contributed by atoms with Crippen molar-refractivity contribution in [2.45, 2.75) is 76.2 Å². The van der Waals surface area contributed by atoms with Gasteiger partial charge in [-0.1, -0.05) is 19.8 Å². The molecule has 0 spiro atoms. The van der Waals surface area contributed by atoms with Crippen molar-refractivity contribution in [3.8, 4) is 0 Å². The Morgan fingerprint density at radius 2 is 1.73 bits per heavy atom. The molecule has 1 amide bonds. The molecule has 2 aliphatic rings. The van der Waals surface area contributed by atoms with Crippen LogP contribution in [0.4, 0.5) is 0 Å². The van der Waals surface area contributed by atoms with Crippen molar-refractivity contribution in [1.29, 1.82) is 0 Å². The number of rotatable bonds is 4. The molecule has 0 unspecified atom stereocenters. The van der Waals surface area contributed by atoms with Crippen LogP contribution in [0.1, 0.15) is 74.4 Å². The van der Waals surface area contributed by atoms with Gasteiger partial charge in [0.25, 0.3) is 5.91 Å². The van der Waals surface area contributed by atoms with Gasteiger partial charge in [-0.05, 0) is 69.6 Å². The van der Waals surface area contributed by atoms with E-state index in [1.807, 2.05) is 6.92 Å². The number of carbonyl (C=O) groups excluding carboxylic acids is 1. The summed E-state index contributed by atoms with van der Waals surface area (Å²) in [4.78, 5) is 13.1. The monoisotopic (exact) mass is 432 g/mol. The molecule has 0 atom stereocenters. The zero-order valence-electron chi connectivity index (χ0n) is 17.9. The van der Waals surface area contributed by atoms with Gasteiger partial charge in [0, 0.05) is 30.1 Å². The maximum absolute atomic E-state index is 13.1. The average Bonchev–Trinajstić information content (AvgIpc) is 2.90. The summed E-state index contributed by atoms with van der Waals surface area (Å²) in [5.41, 5.74) is 1.24. The molecule has 1 saturated carbocycles. The largest absolute Gasteiger partial charge is 0.451 e. The van der Waals surface area contributed by atoms with Crippen molar-refractivity contribution >= 4 is 26.9 Å². The molecule has 2 aromatic rings. The van der Waals surface area contributed by atoms with Crippen molar-refractivity contribution < 1.29 is 17.6 Å². The van der Waals surface area contributed by atoms with E-state index >= 15 is 0 Å². The highest BCUT2D eigenvalue weighted by atomic mass is 32.2. The summed E-state index contributed by atoms with van der Waals surface area (Å²) < 4.78 is 33.7.